The molecule has 0 amide bonds. The van der Waals surface area contributed by atoms with Gasteiger partial charge in [-0.25, -0.2) is 0 Å². The summed E-state index contributed by atoms with van der Waals surface area (Å²) >= 11 is 0. The van der Waals surface area contributed by atoms with Crippen LogP contribution in [0.1, 0.15) is 33.4 Å². The van der Waals surface area contributed by atoms with Crippen LogP contribution in [0.3, 0.4) is 0 Å². The highest BCUT2D eigenvalue weighted by Gasteiger charge is 2.50. The molecule has 1 heterocycles. The standard InChI is InChI=1S/C43H28N2O2/c44-41(28-13-2-1-3-14-28)47-42(45)40-30-15-5-4-12-27(30)22-24-31(40)29-23-25-37-39(26-29)46-38-21-11-10-20-36(38)43(37)34-18-8-6-16-32(34)33-17-7-9-19-35(33)43/h1-26,44-45H. The Morgan fingerprint density at radius 2 is 1.11 bits per heavy atom. The van der Waals surface area contributed by atoms with Gasteiger partial charge in [-0.2, -0.15) is 0 Å². The van der Waals surface area contributed by atoms with E-state index >= 15 is 0 Å². The van der Waals surface area contributed by atoms with Crippen molar-refractivity contribution in [2.24, 2.45) is 0 Å². The summed E-state index contributed by atoms with van der Waals surface area (Å²) in [7, 11) is 0. The van der Waals surface area contributed by atoms with Gasteiger partial charge in [0.2, 0.25) is 11.8 Å². The molecule has 7 aromatic carbocycles. The maximum Gasteiger partial charge on any atom is 0.222 e. The molecule has 0 saturated carbocycles. The Morgan fingerprint density at radius 1 is 0.489 bits per heavy atom. The lowest BCUT2D eigenvalue weighted by Gasteiger charge is -2.39. The van der Waals surface area contributed by atoms with E-state index in [2.05, 4.69) is 91.0 Å². The zero-order valence-electron chi connectivity index (χ0n) is 25.3. The maximum absolute atomic E-state index is 9.17. The number of fused-ring (bicyclic) bond motifs is 10. The SMILES string of the molecule is N=C(OC(=N)c1c(-c2ccc3c(c2)Oc2ccccc2C32c3ccccc3-c3ccccc32)ccc2ccccc12)c1ccccc1. The third kappa shape index (κ3) is 3.95. The largest absolute Gasteiger partial charge is 0.457 e. The van der Waals surface area contributed by atoms with Crippen LogP contribution in [0.25, 0.3) is 33.0 Å². The van der Waals surface area contributed by atoms with Crippen LogP contribution >= 0.6 is 0 Å². The molecule has 4 nitrogen and oxygen atoms in total. The Balaban J connectivity index is 1.25. The van der Waals surface area contributed by atoms with Crippen molar-refractivity contribution in [3.05, 3.63) is 191 Å². The van der Waals surface area contributed by atoms with Crippen molar-refractivity contribution < 1.29 is 9.47 Å². The molecule has 2 aliphatic rings. The van der Waals surface area contributed by atoms with Crippen LogP contribution in [0.2, 0.25) is 0 Å². The molecule has 47 heavy (non-hydrogen) atoms. The second-order valence-corrected chi connectivity index (χ2v) is 12.0. The molecule has 0 unspecified atom stereocenters. The van der Waals surface area contributed by atoms with Gasteiger partial charge in [-0.1, -0.05) is 133 Å². The molecule has 0 aromatic heterocycles. The number of hydrogen-bond acceptors (Lipinski definition) is 4. The fourth-order valence-electron chi connectivity index (χ4n) is 7.59. The minimum atomic E-state index is -0.539. The molecule has 1 aliphatic carbocycles. The first-order valence-electron chi connectivity index (χ1n) is 15.7. The van der Waals surface area contributed by atoms with Crippen molar-refractivity contribution in [1.82, 2.24) is 0 Å². The molecule has 0 bridgehead atoms. The van der Waals surface area contributed by atoms with Crippen LogP contribution < -0.4 is 4.74 Å². The zero-order chi connectivity index (χ0) is 31.5. The predicted molar refractivity (Wildman–Crippen MR) is 188 cm³/mol. The molecule has 7 aromatic rings. The van der Waals surface area contributed by atoms with E-state index in [0.29, 0.717) is 11.1 Å². The normalized spacial score (nSPS) is 13.2. The maximum atomic E-state index is 9.17. The summed E-state index contributed by atoms with van der Waals surface area (Å²) in [5, 5.41) is 19.7. The van der Waals surface area contributed by atoms with E-state index in [1.165, 1.54) is 22.3 Å². The van der Waals surface area contributed by atoms with E-state index < -0.39 is 5.41 Å². The molecule has 0 atom stereocenters. The van der Waals surface area contributed by atoms with Gasteiger partial charge in [0.25, 0.3) is 0 Å². The molecule has 9 rings (SSSR count). The van der Waals surface area contributed by atoms with E-state index in [1.54, 1.807) is 0 Å². The average molecular weight is 605 g/mol. The summed E-state index contributed by atoms with van der Waals surface area (Å²) in [6.07, 6.45) is 0. The summed E-state index contributed by atoms with van der Waals surface area (Å²) in [5.74, 6) is 1.45. The Bertz CT molecular complexity index is 2360. The number of ether oxygens (including phenoxy) is 2. The first-order valence-corrected chi connectivity index (χ1v) is 15.7. The monoisotopic (exact) mass is 604 g/mol. The molecule has 0 radical (unpaired) electrons. The topological polar surface area (TPSA) is 66.2 Å². The predicted octanol–water partition coefficient (Wildman–Crippen LogP) is 10.3. The van der Waals surface area contributed by atoms with Gasteiger partial charge in [0.15, 0.2) is 0 Å². The summed E-state index contributed by atoms with van der Waals surface area (Å²) in [5.41, 5.74) is 9.60. The quantitative estimate of drug-likeness (QED) is 0.156. The van der Waals surface area contributed by atoms with Crippen LogP contribution in [0.15, 0.2) is 158 Å². The van der Waals surface area contributed by atoms with Crippen molar-refractivity contribution in [1.29, 1.82) is 10.8 Å². The van der Waals surface area contributed by atoms with Gasteiger partial charge in [-0.15, -0.1) is 0 Å². The van der Waals surface area contributed by atoms with E-state index in [1.807, 2.05) is 66.7 Å². The summed E-state index contributed by atoms with van der Waals surface area (Å²) < 4.78 is 12.7. The number of benzene rings is 7. The molecule has 1 spiro atoms. The number of nitrogens with one attached hydrogen (secondary N) is 2. The summed E-state index contributed by atoms with van der Waals surface area (Å²) in [6.45, 7) is 0. The van der Waals surface area contributed by atoms with Gasteiger partial charge >= 0.3 is 0 Å². The van der Waals surface area contributed by atoms with Crippen molar-refractivity contribution >= 4 is 22.6 Å². The van der Waals surface area contributed by atoms with Crippen molar-refractivity contribution in [2.45, 2.75) is 5.41 Å². The molecule has 0 fully saturated rings. The first-order chi connectivity index (χ1) is 23.1. The fraction of sp³-hybridized carbons (Fsp3) is 0.0233. The van der Waals surface area contributed by atoms with Crippen molar-refractivity contribution in [3.8, 4) is 33.8 Å². The lowest BCUT2D eigenvalue weighted by Crippen LogP contribution is -2.32. The van der Waals surface area contributed by atoms with Gasteiger partial charge in [0.1, 0.15) is 11.5 Å². The lowest BCUT2D eigenvalue weighted by molar-refractivity contribution is 0.436. The molecule has 222 valence electrons. The van der Waals surface area contributed by atoms with Gasteiger partial charge in [-0.3, -0.25) is 10.8 Å². The lowest BCUT2D eigenvalue weighted by atomic mass is 9.66. The molecular formula is C43H28N2O2. The van der Waals surface area contributed by atoms with Crippen LogP contribution in [0.5, 0.6) is 11.5 Å². The molecular weight excluding hydrogens is 576 g/mol. The summed E-state index contributed by atoms with van der Waals surface area (Å²) in [6, 6.07) is 53.5. The second kappa shape index (κ2) is 10.4. The number of rotatable bonds is 3. The minimum absolute atomic E-state index is 0.0691. The third-order valence-electron chi connectivity index (χ3n) is 9.56. The summed E-state index contributed by atoms with van der Waals surface area (Å²) in [4.78, 5) is 0. The van der Waals surface area contributed by atoms with Gasteiger partial charge in [-0.05, 0) is 68.4 Å². The van der Waals surface area contributed by atoms with Crippen molar-refractivity contribution in [2.75, 3.05) is 0 Å². The smallest absolute Gasteiger partial charge is 0.222 e. The highest BCUT2D eigenvalue weighted by Crippen LogP contribution is 2.62. The highest BCUT2D eigenvalue weighted by molar-refractivity contribution is 6.15. The van der Waals surface area contributed by atoms with E-state index in [0.717, 1.165) is 44.5 Å². The van der Waals surface area contributed by atoms with Crippen LogP contribution in [0.4, 0.5) is 0 Å². The Hall–Kier alpha value is -6.26. The van der Waals surface area contributed by atoms with E-state index in [9.17, 15) is 0 Å². The Morgan fingerprint density at radius 3 is 1.87 bits per heavy atom. The first kappa shape index (κ1) is 27.1. The molecule has 4 heteroatoms. The Kier molecular flexibility index (Phi) is 5.99. The van der Waals surface area contributed by atoms with Crippen LogP contribution in [-0.4, -0.2) is 11.8 Å². The number of hydrogen-bond donors (Lipinski definition) is 2. The zero-order valence-corrected chi connectivity index (χ0v) is 25.3. The molecule has 1 aliphatic heterocycles. The average Bonchev–Trinajstić information content (AvgIpc) is 3.42. The van der Waals surface area contributed by atoms with Crippen LogP contribution in [-0.2, 0) is 10.2 Å². The fourth-order valence-corrected chi connectivity index (χ4v) is 7.59. The third-order valence-corrected chi connectivity index (χ3v) is 9.56. The highest BCUT2D eigenvalue weighted by atomic mass is 16.5. The van der Waals surface area contributed by atoms with E-state index in [4.69, 9.17) is 20.3 Å². The number of para-hydroxylation sites is 1. The van der Waals surface area contributed by atoms with E-state index in [-0.39, 0.29) is 11.8 Å². The van der Waals surface area contributed by atoms with Gasteiger partial charge < -0.3 is 9.47 Å². The van der Waals surface area contributed by atoms with Gasteiger partial charge in [0.05, 0.1) is 11.0 Å². The second-order valence-electron chi connectivity index (χ2n) is 12.0. The van der Waals surface area contributed by atoms with Crippen LogP contribution in [0, 0.1) is 10.8 Å². The van der Waals surface area contributed by atoms with Crippen molar-refractivity contribution in [3.63, 3.8) is 0 Å². The molecule has 2 N–H and O–H groups in total. The minimum Gasteiger partial charge on any atom is -0.457 e. The molecule has 0 saturated heterocycles. The Labute approximate surface area is 272 Å². The van der Waals surface area contributed by atoms with Gasteiger partial charge in [0, 0.05) is 16.7 Å².